The molecule has 0 spiro atoms. The SMILES string of the molecule is O=C(NCCN1CCOCC1)Nc1nc2ccc(Sc3nnc4ccc(-c5ccccc5)nn34)cc2s1. The van der Waals surface area contributed by atoms with E-state index in [0.29, 0.717) is 22.5 Å². The second-order valence-corrected chi connectivity index (χ2v) is 10.5. The predicted octanol–water partition coefficient (Wildman–Crippen LogP) is 4.01. The van der Waals surface area contributed by atoms with E-state index < -0.39 is 0 Å². The maximum atomic E-state index is 12.3. The van der Waals surface area contributed by atoms with Gasteiger partial charge in [-0.1, -0.05) is 41.7 Å². The summed E-state index contributed by atoms with van der Waals surface area (Å²) in [6.45, 7) is 4.67. The van der Waals surface area contributed by atoms with E-state index >= 15 is 0 Å². The van der Waals surface area contributed by atoms with E-state index in [4.69, 9.17) is 9.84 Å². The molecule has 0 bridgehead atoms. The Kier molecular flexibility index (Phi) is 6.95. The number of benzene rings is 2. The molecule has 6 rings (SSSR count). The lowest BCUT2D eigenvalue weighted by atomic mass is 10.1. The van der Waals surface area contributed by atoms with Gasteiger partial charge in [0.25, 0.3) is 0 Å². The number of amides is 2. The number of carbonyl (C=O) groups is 1. The van der Waals surface area contributed by atoms with Crippen LogP contribution in [0.3, 0.4) is 0 Å². The number of morpholine rings is 1. The van der Waals surface area contributed by atoms with Gasteiger partial charge in [0.15, 0.2) is 10.8 Å². The lowest BCUT2D eigenvalue weighted by molar-refractivity contribution is 0.0388. The molecule has 1 saturated heterocycles. The summed E-state index contributed by atoms with van der Waals surface area (Å²) in [5.41, 5.74) is 3.40. The monoisotopic (exact) mass is 532 g/mol. The smallest absolute Gasteiger partial charge is 0.321 e. The van der Waals surface area contributed by atoms with Gasteiger partial charge in [-0.05, 0) is 42.1 Å². The van der Waals surface area contributed by atoms with Crippen LogP contribution in [-0.2, 0) is 4.74 Å². The van der Waals surface area contributed by atoms with Crippen molar-refractivity contribution in [3.05, 3.63) is 60.7 Å². The zero-order valence-electron chi connectivity index (χ0n) is 19.8. The molecule has 1 aliphatic heterocycles. The number of hydrogen-bond donors (Lipinski definition) is 2. The summed E-state index contributed by atoms with van der Waals surface area (Å²) in [6.07, 6.45) is 0. The van der Waals surface area contributed by atoms with Gasteiger partial charge >= 0.3 is 6.03 Å². The van der Waals surface area contributed by atoms with Crippen LogP contribution in [0.5, 0.6) is 0 Å². The Morgan fingerprint density at radius 2 is 1.92 bits per heavy atom. The summed E-state index contributed by atoms with van der Waals surface area (Å²) >= 11 is 2.92. The molecule has 188 valence electrons. The Morgan fingerprint density at radius 3 is 2.78 bits per heavy atom. The molecule has 37 heavy (non-hydrogen) atoms. The van der Waals surface area contributed by atoms with Crippen LogP contribution in [0.25, 0.3) is 27.1 Å². The molecule has 12 heteroatoms. The lowest BCUT2D eigenvalue weighted by Gasteiger charge is -2.26. The summed E-state index contributed by atoms with van der Waals surface area (Å²) in [5, 5.41) is 20.3. The zero-order valence-corrected chi connectivity index (χ0v) is 21.5. The normalized spacial score (nSPS) is 14.3. The Labute approximate surface area is 221 Å². The van der Waals surface area contributed by atoms with Crippen LogP contribution in [0, 0.1) is 0 Å². The van der Waals surface area contributed by atoms with Crippen molar-refractivity contribution in [1.29, 1.82) is 0 Å². The molecule has 1 aliphatic rings. The summed E-state index contributed by atoms with van der Waals surface area (Å²) in [6, 6.07) is 19.6. The van der Waals surface area contributed by atoms with Crippen molar-refractivity contribution in [3.63, 3.8) is 0 Å². The fraction of sp³-hybridized carbons (Fsp3) is 0.240. The first-order valence-corrected chi connectivity index (χ1v) is 13.6. The minimum Gasteiger partial charge on any atom is -0.379 e. The molecule has 0 aliphatic carbocycles. The highest BCUT2D eigenvalue weighted by Crippen LogP contribution is 2.33. The van der Waals surface area contributed by atoms with Crippen LogP contribution in [0.15, 0.2) is 70.7 Å². The van der Waals surface area contributed by atoms with Gasteiger partial charge in [0.2, 0.25) is 5.16 Å². The number of nitrogens with one attached hydrogen (secondary N) is 2. The van der Waals surface area contributed by atoms with Crippen LogP contribution < -0.4 is 10.6 Å². The van der Waals surface area contributed by atoms with Crippen molar-refractivity contribution >= 4 is 50.1 Å². The largest absolute Gasteiger partial charge is 0.379 e. The third-order valence-corrected chi connectivity index (χ3v) is 7.77. The highest BCUT2D eigenvalue weighted by molar-refractivity contribution is 7.99. The van der Waals surface area contributed by atoms with Gasteiger partial charge < -0.3 is 10.1 Å². The molecule has 10 nitrogen and oxygen atoms in total. The van der Waals surface area contributed by atoms with Crippen molar-refractivity contribution in [2.45, 2.75) is 10.1 Å². The average Bonchev–Trinajstić information content (AvgIpc) is 3.52. The number of urea groups is 1. The van der Waals surface area contributed by atoms with Crippen molar-refractivity contribution < 1.29 is 9.53 Å². The quantitative estimate of drug-likeness (QED) is 0.324. The van der Waals surface area contributed by atoms with E-state index in [1.165, 1.54) is 23.1 Å². The minimum atomic E-state index is -0.253. The van der Waals surface area contributed by atoms with E-state index in [9.17, 15) is 4.79 Å². The van der Waals surface area contributed by atoms with Crippen LogP contribution in [0.2, 0.25) is 0 Å². The summed E-state index contributed by atoms with van der Waals surface area (Å²) in [5.74, 6) is 0. The fourth-order valence-corrected chi connectivity index (χ4v) is 5.82. The highest BCUT2D eigenvalue weighted by Gasteiger charge is 2.14. The second-order valence-electron chi connectivity index (χ2n) is 8.42. The van der Waals surface area contributed by atoms with Crippen LogP contribution >= 0.6 is 23.1 Å². The van der Waals surface area contributed by atoms with Crippen LogP contribution in [0.4, 0.5) is 9.93 Å². The van der Waals surface area contributed by atoms with E-state index in [2.05, 4.69) is 30.7 Å². The maximum absolute atomic E-state index is 12.3. The van der Waals surface area contributed by atoms with E-state index in [1.807, 2.05) is 60.7 Å². The van der Waals surface area contributed by atoms with E-state index in [0.717, 1.165) is 59.2 Å². The molecule has 4 heterocycles. The van der Waals surface area contributed by atoms with Crippen molar-refractivity contribution in [3.8, 4) is 11.3 Å². The van der Waals surface area contributed by atoms with Crippen molar-refractivity contribution in [1.82, 2.24) is 35.0 Å². The number of rotatable bonds is 7. The molecule has 0 radical (unpaired) electrons. The van der Waals surface area contributed by atoms with Crippen LogP contribution in [0.1, 0.15) is 0 Å². The number of carbonyl (C=O) groups excluding carboxylic acids is 1. The predicted molar refractivity (Wildman–Crippen MR) is 144 cm³/mol. The molecule has 0 atom stereocenters. The number of nitrogens with zero attached hydrogens (tertiary/aromatic N) is 6. The number of fused-ring (bicyclic) bond motifs is 2. The lowest BCUT2D eigenvalue weighted by Crippen LogP contribution is -2.42. The molecule has 2 N–H and O–H groups in total. The first-order valence-electron chi connectivity index (χ1n) is 11.9. The Morgan fingerprint density at radius 1 is 1.05 bits per heavy atom. The summed E-state index contributed by atoms with van der Waals surface area (Å²) < 4.78 is 8.09. The second kappa shape index (κ2) is 10.8. The van der Waals surface area contributed by atoms with Gasteiger partial charge in [-0.3, -0.25) is 10.2 Å². The zero-order chi connectivity index (χ0) is 25.0. The first-order chi connectivity index (χ1) is 18.2. The summed E-state index contributed by atoms with van der Waals surface area (Å²) in [7, 11) is 0. The highest BCUT2D eigenvalue weighted by atomic mass is 32.2. The van der Waals surface area contributed by atoms with Gasteiger partial charge in [-0.2, -0.15) is 9.61 Å². The van der Waals surface area contributed by atoms with E-state index in [1.54, 1.807) is 4.52 Å². The van der Waals surface area contributed by atoms with Gasteiger partial charge in [-0.15, -0.1) is 10.2 Å². The number of aromatic nitrogens is 5. The van der Waals surface area contributed by atoms with Crippen molar-refractivity contribution in [2.75, 3.05) is 44.7 Å². The summed E-state index contributed by atoms with van der Waals surface area (Å²) in [4.78, 5) is 20.1. The molecule has 2 aromatic carbocycles. The van der Waals surface area contributed by atoms with Gasteiger partial charge in [0, 0.05) is 36.6 Å². The average molecular weight is 533 g/mol. The molecule has 0 unspecified atom stereocenters. The Hall–Kier alpha value is -3.58. The number of anilines is 1. The Balaban J connectivity index is 1.12. The topological polar surface area (TPSA) is 110 Å². The van der Waals surface area contributed by atoms with Gasteiger partial charge in [0.05, 0.1) is 29.1 Å². The molecular weight excluding hydrogens is 508 g/mol. The van der Waals surface area contributed by atoms with Gasteiger partial charge in [-0.25, -0.2) is 9.78 Å². The third kappa shape index (κ3) is 5.57. The number of thiazole rings is 1. The minimum absolute atomic E-state index is 0.253. The third-order valence-electron chi connectivity index (χ3n) is 5.91. The molecule has 1 fully saturated rings. The molecule has 0 saturated carbocycles. The van der Waals surface area contributed by atoms with Crippen LogP contribution in [-0.4, -0.2) is 75.1 Å². The maximum Gasteiger partial charge on any atom is 0.321 e. The number of hydrogen-bond acceptors (Lipinski definition) is 9. The van der Waals surface area contributed by atoms with Gasteiger partial charge in [0.1, 0.15) is 0 Å². The number of ether oxygens (including phenoxy) is 1. The molecule has 2 amide bonds. The molecule has 5 aromatic rings. The standard InChI is InChI=1S/C25H24N8O2S2/c34-23(26-10-11-32-12-14-35-15-13-32)28-24-27-20-7-6-18(16-21(20)37-24)36-25-30-29-22-9-8-19(31-33(22)25)17-4-2-1-3-5-17/h1-9,16H,10-15H2,(H2,26,27,28,34). The fourth-order valence-electron chi connectivity index (χ4n) is 4.02. The van der Waals surface area contributed by atoms with Crippen molar-refractivity contribution in [2.24, 2.45) is 0 Å². The Bertz CT molecular complexity index is 1530. The molecular formula is C25H24N8O2S2. The molecule has 3 aromatic heterocycles. The first kappa shape index (κ1) is 23.8. The van der Waals surface area contributed by atoms with E-state index in [-0.39, 0.29) is 6.03 Å².